The highest BCUT2D eigenvalue weighted by atomic mass is 79.9. The molecule has 0 aliphatic heterocycles. The average Bonchev–Trinajstić information content (AvgIpc) is 2.71. The first-order valence-electron chi connectivity index (χ1n) is 5.66. The summed E-state index contributed by atoms with van der Waals surface area (Å²) < 4.78 is 29.1. The van der Waals surface area contributed by atoms with Crippen LogP contribution in [0.1, 0.15) is 11.3 Å². The monoisotopic (exact) mass is 355 g/mol. The average molecular weight is 356 g/mol. The maximum atomic E-state index is 11.6. The second-order valence-electron chi connectivity index (χ2n) is 3.91. The van der Waals surface area contributed by atoms with Gasteiger partial charge in [-0.3, -0.25) is 0 Å². The largest absolute Gasteiger partial charge is 0.385 e. The van der Waals surface area contributed by atoms with Crippen molar-refractivity contribution >= 4 is 37.1 Å². The quantitative estimate of drug-likeness (QED) is 0.688. The first-order valence-corrected chi connectivity index (χ1v) is 9.16. The van der Waals surface area contributed by atoms with E-state index in [0.29, 0.717) is 26.1 Å². The number of rotatable bonds is 9. The minimum atomic E-state index is -2.95. The molecule has 1 aromatic heterocycles. The standard InChI is InChI=1S/C11H18BrNO3S2/c1-16-4-2-5-18(14,15)6-3-13-8-11-7-10(12)9-17-11/h7,9,13H,2-6,8H2,1H3. The second kappa shape index (κ2) is 8.27. The molecule has 0 aliphatic carbocycles. The van der Waals surface area contributed by atoms with Gasteiger partial charge in [0.05, 0.1) is 11.5 Å². The topological polar surface area (TPSA) is 55.4 Å². The van der Waals surface area contributed by atoms with Gasteiger partial charge < -0.3 is 10.1 Å². The number of thiophene rings is 1. The van der Waals surface area contributed by atoms with Gasteiger partial charge in [0.15, 0.2) is 9.84 Å². The van der Waals surface area contributed by atoms with Gasteiger partial charge in [-0.15, -0.1) is 11.3 Å². The predicted molar refractivity (Wildman–Crippen MR) is 78.9 cm³/mol. The number of nitrogens with one attached hydrogen (secondary N) is 1. The molecule has 104 valence electrons. The number of hydrogen-bond acceptors (Lipinski definition) is 5. The van der Waals surface area contributed by atoms with E-state index in [1.807, 2.05) is 11.4 Å². The molecular formula is C11H18BrNO3S2. The van der Waals surface area contributed by atoms with Gasteiger partial charge in [0.25, 0.3) is 0 Å². The summed E-state index contributed by atoms with van der Waals surface area (Å²) in [5, 5.41) is 5.15. The summed E-state index contributed by atoms with van der Waals surface area (Å²) in [4.78, 5) is 1.19. The zero-order valence-corrected chi connectivity index (χ0v) is 13.5. The summed E-state index contributed by atoms with van der Waals surface area (Å²) in [6.45, 7) is 1.70. The third kappa shape index (κ3) is 6.84. The van der Waals surface area contributed by atoms with E-state index < -0.39 is 9.84 Å². The van der Waals surface area contributed by atoms with E-state index in [0.717, 1.165) is 4.47 Å². The van der Waals surface area contributed by atoms with Crippen LogP contribution in [0.5, 0.6) is 0 Å². The number of halogens is 1. The smallest absolute Gasteiger partial charge is 0.151 e. The molecule has 1 aromatic rings. The first-order chi connectivity index (χ1) is 8.53. The van der Waals surface area contributed by atoms with E-state index in [9.17, 15) is 8.42 Å². The Morgan fingerprint density at radius 3 is 2.83 bits per heavy atom. The fourth-order valence-electron chi connectivity index (χ4n) is 1.41. The molecule has 0 fully saturated rings. The number of methoxy groups -OCH3 is 1. The lowest BCUT2D eigenvalue weighted by atomic mass is 10.4. The highest BCUT2D eigenvalue weighted by Crippen LogP contribution is 2.19. The molecular weight excluding hydrogens is 338 g/mol. The van der Waals surface area contributed by atoms with Crippen LogP contribution >= 0.6 is 27.3 Å². The van der Waals surface area contributed by atoms with Crippen molar-refractivity contribution in [2.75, 3.05) is 31.8 Å². The Labute approximate surface area is 121 Å². The van der Waals surface area contributed by atoms with E-state index in [4.69, 9.17) is 4.74 Å². The van der Waals surface area contributed by atoms with Gasteiger partial charge >= 0.3 is 0 Å². The normalized spacial score (nSPS) is 11.9. The predicted octanol–water partition coefficient (Wildman–Crippen LogP) is 2.05. The maximum absolute atomic E-state index is 11.6. The molecule has 7 heteroatoms. The molecule has 18 heavy (non-hydrogen) atoms. The van der Waals surface area contributed by atoms with Gasteiger partial charge in [0, 0.05) is 41.5 Å². The molecule has 0 saturated carbocycles. The minimum Gasteiger partial charge on any atom is -0.385 e. The zero-order chi connectivity index (χ0) is 13.4. The Bertz CT molecular complexity index is 445. The Hall–Kier alpha value is 0.0500. The molecule has 0 bridgehead atoms. The zero-order valence-electron chi connectivity index (χ0n) is 10.3. The maximum Gasteiger partial charge on any atom is 0.151 e. The van der Waals surface area contributed by atoms with Crippen LogP contribution in [0.3, 0.4) is 0 Å². The van der Waals surface area contributed by atoms with Crippen molar-refractivity contribution in [3.05, 3.63) is 20.8 Å². The molecule has 1 N–H and O–H groups in total. The fraction of sp³-hybridized carbons (Fsp3) is 0.636. The molecule has 1 heterocycles. The minimum absolute atomic E-state index is 0.184. The lowest BCUT2D eigenvalue weighted by molar-refractivity contribution is 0.199. The summed E-state index contributed by atoms with van der Waals surface area (Å²) in [7, 11) is -1.37. The van der Waals surface area contributed by atoms with Crippen LogP contribution in [0.4, 0.5) is 0 Å². The lowest BCUT2D eigenvalue weighted by Gasteiger charge is -2.05. The van der Waals surface area contributed by atoms with Gasteiger partial charge in [-0.05, 0) is 28.4 Å². The first kappa shape index (κ1) is 16.1. The van der Waals surface area contributed by atoms with Crippen LogP contribution in [0, 0.1) is 0 Å². The molecule has 0 amide bonds. The van der Waals surface area contributed by atoms with Crippen molar-refractivity contribution < 1.29 is 13.2 Å². The van der Waals surface area contributed by atoms with E-state index >= 15 is 0 Å². The number of ether oxygens (including phenoxy) is 1. The fourth-order valence-corrected chi connectivity index (χ4v) is 4.05. The van der Waals surface area contributed by atoms with Crippen molar-refractivity contribution in [1.82, 2.24) is 5.32 Å². The molecule has 0 aromatic carbocycles. The van der Waals surface area contributed by atoms with Gasteiger partial charge in [0.2, 0.25) is 0 Å². The highest BCUT2D eigenvalue weighted by Gasteiger charge is 2.09. The highest BCUT2D eigenvalue weighted by molar-refractivity contribution is 9.10. The van der Waals surface area contributed by atoms with Crippen LogP contribution < -0.4 is 5.32 Å². The summed E-state index contributed by atoms with van der Waals surface area (Å²) in [5.74, 6) is 0.385. The third-order valence-corrected chi connectivity index (χ3v) is 5.75. The molecule has 0 atom stereocenters. The van der Waals surface area contributed by atoms with Gasteiger partial charge in [0.1, 0.15) is 0 Å². The van der Waals surface area contributed by atoms with E-state index in [1.54, 1.807) is 18.4 Å². The van der Waals surface area contributed by atoms with Crippen molar-refractivity contribution in [2.24, 2.45) is 0 Å². The Kier molecular flexibility index (Phi) is 7.40. The van der Waals surface area contributed by atoms with Crippen molar-refractivity contribution in [1.29, 1.82) is 0 Å². The molecule has 1 rings (SSSR count). The Balaban J connectivity index is 2.16. The van der Waals surface area contributed by atoms with Crippen LogP contribution in [-0.2, 0) is 21.1 Å². The molecule has 0 spiro atoms. The van der Waals surface area contributed by atoms with Crippen LogP contribution in [0.2, 0.25) is 0 Å². The summed E-state index contributed by atoms with van der Waals surface area (Å²) in [5.41, 5.74) is 0. The van der Waals surface area contributed by atoms with Crippen LogP contribution in [0.15, 0.2) is 15.9 Å². The Morgan fingerprint density at radius 2 is 2.22 bits per heavy atom. The molecule has 0 aliphatic rings. The van der Waals surface area contributed by atoms with Crippen molar-refractivity contribution in [2.45, 2.75) is 13.0 Å². The van der Waals surface area contributed by atoms with E-state index in [2.05, 4.69) is 21.2 Å². The van der Waals surface area contributed by atoms with E-state index in [1.165, 1.54) is 4.88 Å². The third-order valence-electron chi connectivity index (χ3n) is 2.31. The number of hydrogen-bond donors (Lipinski definition) is 1. The molecule has 4 nitrogen and oxygen atoms in total. The lowest BCUT2D eigenvalue weighted by Crippen LogP contribution is -2.24. The molecule has 0 unspecified atom stereocenters. The second-order valence-corrected chi connectivity index (χ2v) is 8.12. The van der Waals surface area contributed by atoms with E-state index in [-0.39, 0.29) is 11.5 Å². The summed E-state index contributed by atoms with van der Waals surface area (Å²) in [6, 6.07) is 2.03. The van der Waals surface area contributed by atoms with Gasteiger partial charge in [-0.1, -0.05) is 0 Å². The van der Waals surface area contributed by atoms with Crippen molar-refractivity contribution in [3.8, 4) is 0 Å². The van der Waals surface area contributed by atoms with Crippen LogP contribution in [-0.4, -0.2) is 40.2 Å². The summed E-state index contributed by atoms with van der Waals surface area (Å²) in [6.07, 6.45) is 0.566. The number of sulfone groups is 1. The summed E-state index contributed by atoms with van der Waals surface area (Å²) >= 11 is 5.03. The van der Waals surface area contributed by atoms with Crippen molar-refractivity contribution in [3.63, 3.8) is 0 Å². The van der Waals surface area contributed by atoms with Gasteiger partial charge in [-0.25, -0.2) is 8.42 Å². The molecule has 0 radical (unpaired) electrons. The SMILES string of the molecule is COCCCS(=O)(=O)CCNCc1cc(Br)cs1. The van der Waals surface area contributed by atoms with Gasteiger partial charge in [-0.2, -0.15) is 0 Å². The molecule has 0 saturated heterocycles. The van der Waals surface area contributed by atoms with Crippen LogP contribution in [0.25, 0.3) is 0 Å². The Morgan fingerprint density at radius 1 is 1.44 bits per heavy atom.